The first-order valence-electron chi connectivity index (χ1n) is 9.53. The van der Waals surface area contributed by atoms with Crippen LogP contribution in [-0.2, 0) is 6.42 Å². The predicted octanol–water partition coefficient (Wildman–Crippen LogP) is 4.22. The first-order valence-corrected chi connectivity index (χ1v) is 9.53. The predicted molar refractivity (Wildman–Crippen MR) is 103 cm³/mol. The van der Waals surface area contributed by atoms with E-state index in [1.807, 2.05) is 18.2 Å². The molecule has 0 radical (unpaired) electrons. The minimum Gasteiger partial charge on any atom is -0.494 e. The Hall–Kier alpha value is -2.46. The molecule has 4 nitrogen and oxygen atoms in total. The standard InChI is InChI=1S/C23H24O4/c1-23(2,26)13-15-5-7-17-19(11-15)20-12-16(27-10-9-14-3-4-14)6-8-18(20)22(25)21(17)24/h5-8,11-12,14,26H,3-4,9-10,13H2,1-2H3. The van der Waals surface area contributed by atoms with E-state index in [1.54, 1.807) is 32.0 Å². The van der Waals surface area contributed by atoms with Crippen molar-refractivity contribution in [2.45, 2.75) is 45.1 Å². The van der Waals surface area contributed by atoms with E-state index in [0.29, 0.717) is 24.2 Å². The number of ketones is 2. The summed E-state index contributed by atoms with van der Waals surface area (Å²) in [5, 5.41) is 10.1. The van der Waals surface area contributed by atoms with Crippen molar-refractivity contribution < 1.29 is 19.4 Å². The molecule has 2 aromatic carbocycles. The molecule has 1 fully saturated rings. The number of fused-ring (bicyclic) bond motifs is 3. The number of rotatable bonds is 6. The molecular weight excluding hydrogens is 340 g/mol. The van der Waals surface area contributed by atoms with Gasteiger partial charge in [-0.3, -0.25) is 9.59 Å². The van der Waals surface area contributed by atoms with Gasteiger partial charge in [-0.15, -0.1) is 0 Å². The summed E-state index contributed by atoms with van der Waals surface area (Å²) in [4.78, 5) is 25.0. The van der Waals surface area contributed by atoms with E-state index in [-0.39, 0.29) is 0 Å². The van der Waals surface area contributed by atoms with Crippen LogP contribution in [0, 0.1) is 5.92 Å². The fraction of sp³-hybridized carbons (Fsp3) is 0.391. The van der Waals surface area contributed by atoms with Crippen LogP contribution < -0.4 is 4.74 Å². The van der Waals surface area contributed by atoms with E-state index in [2.05, 4.69) is 0 Å². The SMILES string of the molecule is CC(C)(O)Cc1ccc2c(c1)-c1cc(OCCC3CC3)ccc1C(=O)C2=O. The van der Waals surface area contributed by atoms with Crippen molar-refractivity contribution in [3.8, 4) is 16.9 Å². The Morgan fingerprint density at radius 2 is 1.59 bits per heavy atom. The van der Waals surface area contributed by atoms with Crippen LogP contribution in [0.5, 0.6) is 5.75 Å². The third-order valence-electron chi connectivity index (χ3n) is 5.19. The molecule has 0 amide bonds. The summed E-state index contributed by atoms with van der Waals surface area (Å²) < 4.78 is 5.87. The lowest BCUT2D eigenvalue weighted by Crippen LogP contribution is -2.23. The lowest BCUT2D eigenvalue weighted by molar-refractivity contribution is 0.0807. The van der Waals surface area contributed by atoms with Gasteiger partial charge in [0.2, 0.25) is 11.6 Å². The molecule has 0 spiro atoms. The van der Waals surface area contributed by atoms with Gasteiger partial charge < -0.3 is 9.84 Å². The van der Waals surface area contributed by atoms with Gasteiger partial charge in [-0.2, -0.15) is 0 Å². The molecule has 1 N–H and O–H groups in total. The summed E-state index contributed by atoms with van der Waals surface area (Å²) in [5.74, 6) is 0.564. The lowest BCUT2D eigenvalue weighted by atomic mass is 9.82. The molecule has 0 aliphatic heterocycles. The summed E-state index contributed by atoms with van der Waals surface area (Å²) in [6.45, 7) is 4.17. The van der Waals surface area contributed by atoms with Crippen LogP contribution in [0.3, 0.4) is 0 Å². The molecule has 2 aliphatic rings. The van der Waals surface area contributed by atoms with Gasteiger partial charge in [-0.1, -0.05) is 31.0 Å². The zero-order valence-corrected chi connectivity index (χ0v) is 15.7. The molecule has 140 valence electrons. The molecule has 1 saturated carbocycles. The molecule has 2 aromatic rings. The van der Waals surface area contributed by atoms with Gasteiger partial charge in [0.1, 0.15) is 5.75 Å². The first-order chi connectivity index (χ1) is 12.8. The summed E-state index contributed by atoms with van der Waals surface area (Å²) in [5.41, 5.74) is 2.39. The van der Waals surface area contributed by atoms with Crippen molar-refractivity contribution in [2.24, 2.45) is 5.92 Å². The topological polar surface area (TPSA) is 63.6 Å². The van der Waals surface area contributed by atoms with Crippen LogP contribution in [0.4, 0.5) is 0 Å². The quantitative estimate of drug-likeness (QED) is 0.780. The summed E-state index contributed by atoms with van der Waals surface area (Å²) in [6, 6.07) is 10.7. The minimum absolute atomic E-state index is 0.419. The second-order valence-electron chi connectivity index (χ2n) is 8.32. The fourth-order valence-electron chi connectivity index (χ4n) is 3.65. The molecule has 0 saturated heterocycles. The van der Waals surface area contributed by atoms with Gasteiger partial charge in [-0.25, -0.2) is 0 Å². The van der Waals surface area contributed by atoms with E-state index in [4.69, 9.17) is 4.74 Å². The Morgan fingerprint density at radius 3 is 2.22 bits per heavy atom. The Kier molecular flexibility index (Phi) is 4.39. The zero-order valence-electron chi connectivity index (χ0n) is 15.7. The third-order valence-corrected chi connectivity index (χ3v) is 5.19. The van der Waals surface area contributed by atoms with E-state index in [0.717, 1.165) is 34.8 Å². The van der Waals surface area contributed by atoms with E-state index >= 15 is 0 Å². The molecule has 0 atom stereocenters. The average Bonchev–Trinajstić information content (AvgIpc) is 3.42. The summed E-state index contributed by atoms with van der Waals surface area (Å²) in [6.07, 6.45) is 4.11. The highest BCUT2D eigenvalue weighted by Gasteiger charge is 2.31. The van der Waals surface area contributed by atoms with Gasteiger partial charge in [0.05, 0.1) is 12.2 Å². The van der Waals surface area contributed by atoms with Gasteiger partial charge in [0.25, 0.3) is 0 Å². The summed E-state index contributed by atoms with van der Waals surface area (Å²) >= 11 is 0. The maximum Gasteiger partial charge on any atom is 0.234 e. The van der Waals surface area contributed by atoms with Gasteiger partial charge >= 0.3 is 0 Å². The van der Waals surface area contributed by atoms with E-state index < -0.39 is 17.2 Å². The van der Waals surface area contributed by atoms with Gasteiger partial charge in [0, 0.05) is 17.5 Å². The van der Waals surface area contributed by atoms with Crippen molar-refractivity contribution in [3.63, 3.8) is 0 Å². The number of carbonyl (C=O) groups excluding carboxylic acids is 2. The lowest BCUT2D eigenvalue weighted by Gasteiger charge is -2.22. The number of benzene rings is 2. The summed E-state index contributed by atoms with van der Waals surface area (Å²) in [7, 11) is 0. The van der Waals surface area contributed by atoms with Gasteiger partial charge in [0.15, 0.2) is 0 Å². The molecule has 4 heteroatoms. The highest BCUT2D eigenvalue weighted by atomic mass is 16.5. The monoisotopic (exact) mass is 364 g/mol. The molecule has 0 bridgehead atoms. The Labute approximate surface area is 159 Å². The molecule has 27 heavy (non-hydrogen) atoms. The maximum absolute atomic E-state index is 12.5. The van der Waals surface area contributed by atoms with Crippen LogP contribution in [0.15, 0.2) is 36.4 Å². The Morgan fingerprint density at radius 1 is 0.963 bits per heavy atom. The van der Waals surface area contributed by atoms with E-state index in [9.17, 15) is 14.7 Å². The molecule has 2 aliphatic carbocycles. The molecule has 0 unspecified atom stereocenters. The number of aliphatic hydroxyl groups is 1. The minimum atomic E-state index is -0.848. The second kappa shape index (κ2) is 6.61. The van der Waals surface area contributed by atoms with Crippen LogP contribution in [-0.4, -0.2) is 28.9 Å². The highest BCUT2D eigenvalue weighted by Crippen LogP contribution is 2.37. The number of Topliss-reactive ketones (excluding diaryl/α,β-unsaturated/α-hetero) is 2. The van der Waals surface area contributed by atoms with Crippen molar-refractivity contribution in [1.82, 2.24) is 0 Å². The van der Waals surface area contributed by atoms with Crippen LogP contribution in [0.25, 0.3) is 11.1 Å². The molecular formula is C23H24O4. The fourth-order valence-corrected chi connectivity index (χ4v) is 3.65. The highest BCUT2D eigenvalue weighted by molar-refractivity contribution is 6.53. The van der Waals surface area contributed by atoms with Crippen molar-refractivity contribution in [2.75, 3.05) is 6.61 Å². The Balaban J connectivity index is 1.70. The zero-order chi connectivity index (χ0) is 19.2. The smallest absolute Gasteiger partial charge is 0.234 e. The average molecular weight is 364 g/mol. The number of ether oxygens (including phenoxy) is 1. The van der Waals surface area contributed by atoms with Gasteiger partial charge in [-0.05, 0) is 61.1 Å². The molecule has 0 heterocycles. The van der Waals surface area contributed by atoms with Crippen LogP contribution in [0.2, 0.25) is 0 Å². The molecule has 4 rings (SSSR count). The maximum atomic E-state index is 12.5. The largest absolute Gasteiger partial charge is 0.494 e. The number of hydrogen-bond donors (Lipinski definition) is 1. The third kappa shape index (κ3) is 3.81. The van der Waals surface area contributed by atoms with Crippen LogP contribution in [0.1, 0.15) is 59.4 Å². The van der Waals surface area contributed by atoms with Crippen molar-refractivity contribution >= 4 is 11.6 Å². The van der Waals surface area contributed by atoms with E-state index in [1.165, 1.54) is 12.8 Å². The number of carbonyl (C=O) groups is 2. The normalized spacial score (nSPS) is 16.1. The molecule has 0 aromatic heterocycles. The van der Waals surface area contributed by atoms with Crippen molar-refractivity contribution in [1.29, 1.82) is 0 Å². The van der Waals surface area contributed by atoms with Crippen LogP contribution >= 0.6 is 0 Å². The second-order valence-corrected chi connectivity index (χ2v) is 8.32. The Bertz CT molecular complexity index is 916. The first kappa shape index (κ1) is 17.9. The number of hydrogen-bond acceptors (Lipinski definition) is 4. The van der Waals surface area contributed by atoms with Crippen molar-refractivity contribution in [3.05, 3.63) is 53.1 Å².